The molecule has 6 aromatic rings. The predicted octanol–water partition coefficient (Wildman–Crippen LogP) is 10.8. The first-order chi connectivity index (χ1) is 20.3. The number of benzene rings is 5. The fourth-order valence-corrected chi connectivity index (χ4v) is 6.86. The van der Waals surface area contributed by atoms with E-state index in [0.29, 0.717) is 5.02 Å². The summed E-state index contributed by atoms with van der Waals surface area (Å²) in [7, 11) is -0.973. The number of thiophene rings is 1. The maximum atomic E-state index is 12.0. The lowest BCUT2D eigenvalue weighted by Gasteiger charge is -1.95. The Morgan fingerprint density at radius 1 is 0.690 bits per heavy atom. The Hall–Kier alpha value is -2.94. The Kier molecular flexibility index (Phi) is 11.8. The third kappa shape index (κ3) is 8.12. The second-order valence-electron chi connectivity index (χ2n) is 8.49. The van der Waals surface area contributed by atoms with E-state index >= 15 is 0 Å². The van der Waals surface area contributed by atoms with Crippen LogP contribution in [0.2, 0.25) is 5.02 Å². The van der Waals surface area contributed by atoms with Gasteiger partial charge < -0.3 is 0 Å². The topological polar surface area (TPSA) is 63.6 Å². The molecule has 0 unspecified atom stereocenters. The average molecular weight is 676 g/mol. The lowest BCUT2D eigenvalue weighted by atomic mass is 10.1. The lowest BCUT2D eigenvalue weighted by Crippen LogP contribution is -2.00. The number of alkyl halides is 3. The van der Waals surface area contributed by atoms with E-state index in [1.54, 1.807) is 12.1 Å². The van der Waals surface area contributed by atoms with E-state index in [9.17, 15) is 9.00 Å². The molecule has 0 bridgehead atoms. The van der Waals surface area contributed by atoms with E-state index in [1.807, 2.05) is 59.9 Å². The molecule has 10 heteroatoms. The Labute approximate surface area is 269 Å². The molecule has 42 heavy (non-hydrogen) atoms. The van der Waals surface area contributed by atoms with Crippen LogP contribution in [-0.2, 0) is 15.7 Å². The van der Waals surface area contributed by atoms with Crippen LogP contribution in [0.15, 0.2) is 131 Å². The third-order valence-electron chi connectivity index (χ3n) is 5.89. The molecule has 1 aromatic heterocycles. The summed E-state index contributed by atoms with van der Waals surface area (Å²) in [6.45, 7) is 0. The maximum Gasteiger partial charge on any atom is 0.372 e. The summed E-state index contributed by atoms with van der Waals surface area (Å²) in [6.07, 6.45) is 0. The zero-order valence-corrected chi connectivity index (χ0v) is 26.3. The van der Waals surface area contributed by atoms with Gasteiger partial charge in [0.15, 0.2) is 4.30 Å². The molecule has 0 saturated heterocycles. The van der Waals surface area contributed by atoms with Crippen LogP contribution in [0.25, 0.3) is 31.3 Å². The molecule has 0 spiro atoms. The molecule has 214 valence electrons. The van der Waals surface area contributed by atoms with Gasteiger partial charge in [0.2, 0.25) is 0 Å². The average Bonchev–Trinajstić information content (AvgIpc) is 3.53. The normalized spacial score (nSPS) is 11.3. The van der Waals surface area contributed by atoms with Crippen molar-refractivity contribution in [2.45, 2.75) is 14.1 Å². The molecule has 0 radical (unpaired) electrons. The first-order valence-electron chi connectivity index (χ1n) is 12.3. The highest BCUT2D eigenvalue weighted by atomic mass is 35.6. The van der Waals surface area contributed by atoms with Gasteiger partial charge in [0, 0.05) is 25.2 Å². The summed E-state index contributed by atoms with van der Waals surface area (Å²) in [5.74, 6) is -0.813. The van der Waals surface area contributed by atoms with Crippen LogP contribution in [0, 0.1) is 0 Å². The van der Waals surface area contributed by atoms with Crippen LogP contribution in [0.5, 0.6) is 0 Å². The van der Waals surface area contributed by atoms with Gasteiger partial charge in [-0.25, -0.2) is 9.00 Å². The Balaban J connectivity index is 0.000000137. The molecule has 1 aliphatic rings. The summed E-state index contributed by atoms with van der Waals surface area (Å²) < 4.78 is 14.0. The zero-order chi connectivity index (χ0) is 30.1. The fraction of sp³-hybridized carbons (Fsp3) is 0.0312. The predicted molar refractivity (Wildman–Crippen MR) is 177 cm³/mol. The molecule has 0 saturated carbocycles. The van der Waals surface area contributed by atoms with Gasteiger partial charge in [0.1, 0.15) is 0 Å². The number of rotatable bonds is 1. The van der Waals surface area contributed by atoms with Crippen molar-refractivity contribution in [3.63, 3.8) is 0 Å². The monoisotopic (exact) mass is 674 g/mol. The quantitative estimate of drug-likeness (QED) is 0.107. The van der Waals surface area contributed by atoms with Crippen molar-refractivity contribution in [1.29, 1.82) is 0 Å². The Bertz CT molecular complexity index is 1740. The third-order valence-corrected chi connectivity index (χ3v) is 8.79. The summed E-state index contributed by atoms with van der Waals surface area (Å²) in [4.78, 5) is 16.0. The smallest absolute Gasteiger partial charge is 0.296 e. The minimum Gasteiger partial charge on any atom is -0.296 e. The number of halogens is 4. The van der Waals surface area contributed by atoms with Gasteiger partial charge in [-0.05, 0) is 53.6 Å². The summed E-state index contributed by atoms with van der Waals surface area (Å²) in [5, 5.41) is 11.2. The second-order valence-corrected chi connectivity index (χ2v) is 13.4. The molecule has 0 amide bonds. The van der Waals surface area contributed by atoms with Gasteiger partial charge in [-0.1, -0.05) is 125 Å². The largest absolute Gasteiger partial charge is 0.372 e. The maximum absolute atomic E-state index is 12.0. The van der Waals surface area contributed by atoms with Crippen LogP contribution < -0.4 is 0 Å². The van der Waals surface area contributed by atoms with E-state index in [4.69, 9.17) is 51.7 Å². The Morgan fingerprint density at radius 2 is 1.14 bits per heavy atom. The molecule has 1 aliphatic heterocycles. The van der Waals surface area contributed by atoms with Crippen LogP contribution in [0.1, 0.15) is 10.4 Å². The number of hydrogen-bond acceptors (Lipinski definition) is 5. The molecule has 0 atom stereocenters. The van der Waals surface area contributed by atoms with Crippen molar-refractivity contribution in [2.75, 3.05) is 0 Å². The van der Waals surface area contributed by atoms with Crippen LogP contribution >= 0.6 is 57.7 Å². The van der Waals surface area contributed by atoms with Crippen molar-refractivity contribution in [3.8, 4) is 11.1 Å². The number of carbonyl (C=O) groups excluding carboxylic acids is 1. The van der Waals surface area contributed by atoms with Crippen molar-refractivity contribution in [3.05, 3.63) is 132 Å². The Morgan fingerprint density at radius 3 is 1.62 bits per heavy atom. The molecule has 7 rings (SSSR count). The van der Waals surface area contributed by atoms with Crippen molar-refractivity contribution in [2.24, 2.45) is 0 Å². The van der Waals surface area contributed by atoms with E-state index in [-0.39, 0.29) is 5.56 Å². The first-order valence-corrected chi connectivity index (χ1v) is 16.0. The van der Waals surface area contributed by atoms with Crippen LogP contribution in [0.4, 0.5) is 0 Å². The summed E-state index contributed by atoms with van der Waals surface area (Å²) in [6, 6.07) is 39.0. The van der Waals surface area contributed by atoms with Crippen molar-refractivity contribution in [1.82, 2.24) is 0 Å². The molecule has 0 aliphatic carbocycles. The lowest BCUT2D eigenvalue weighted by molar-refractivity contribution is -0.182. The molecule has 2 heterocycles. The van der Waals surface area contributed by atoms with Gasteiger partial charge in [0.25, 0.3) is 0 Å². The highest BCUT2D eigenvalue weighted by molar-refractivity contribution is 7.85. The van der Waals surface area contributed by atoms with Gasteiger partial charge in [-0.2, -0.15) is 5.26 Å². The number of fused-ring (bicyclic) bond motifs is 6. The molecule has 4 nitrogen and oxygen atoms in total. The standard InChI is InChI=1S/C12H8OS.C12H8S.C7H5ClO3.CHCl3/c13-14-11-7-3-1-5-9(11)10-6-2-4-8-12(10)14;1-3-7-11-9(5-1)10-6-2-4-8-12(10)13-11;8-6-3-1-2-5(4-6)7(9)11-10;2-1(3)4/h1-8H;1-8H;1-4,10H;1H. The van der Waals surface area contributed by atoms with E-state index in [2.05, 4.69) is 53.4 Å². The van der Waals surface area contributed by atoms with Gasteiger partial charge in [-0.3, -0.25) is 4.89 Å². The number of carbonyl (C=O) groups is 1. The van der Waals surface area contributed by atoms with Crippen LogP contribution in [-0.4, -0.2) is 19.7 Å². The van der Waals surface area contributed by atoms with Crippen molar-refractivity contribution >= 4 is 94.7 Å². The van der Waals surface area contributed by atoms with Gasteiger partial charge >= 0.3 is 5.97 Å². The molecular weight excluding hydrogens is 654 g/mol. The SMILES string of the molecule is ClC(Cl)Cl.O=C(OO)c1cccc(Cl)c1.O=S1c2ccccc2-c2ccccc21.c1ccc2c(c1)sc1ccccc12. The van der Waals surface area contributed by atoms with E-state index in [0.717, 1.165) is 20.9 Å². The van der Waals surface area contributed by atoms with Crippen LogP contribution in [0.3, 0.4) is 0 Å². The highest BCUT2D eigenvalue weighted by Gasteiger charge is 2.23. The minimum atomic E-state index is -0.973. The molecule has 5 aromatic carbocycles. The molecular formula is C32H22Cl4O4S2. The summed E-state index contributed by atoms with van der Waals surface area (Å²) in [5.41, 5.74) is 2.45. The minimum absolute atomic E-state index is 0.222. The summed E-state index contributed by atoms with van der Waals surface area (Å²) >= 11 is 21.8. The van der Waals surface area contributed by atoms with Gasteiger partial charge in [-0.15, -0.1) is 11.3 Å². The van der Waals surface area contributed by atoms with E-state index < -0.39 is 21.1 Å². The fourth-order valence-electron chi connectivity index (χ4n) is 4.16. The number of hydrogen-bond donors (Lipinski definition) is 1. The van der Waals surface area contributed by atoms with Gasteiger partial charge in [0.05, 0.1) is 26.2 Å². The zero-order valence-electron chi connectivity index (χ0n) is 21.6. The first kappa shape index (κ1) is 32.0. The van der Waals surface area contributed by atoms with E-state index in [1.165, 1.54) is 32.3 Å². The second kappa shape index (κ2) is 15.5. The highest BCUT2D eigenvalue weighted by Crippen LogP contribution is 2.39. The van der Waals surface area contributed by atoms with Crippen molar-refractivity contribution < 1.29 is 19.1 Å². The molecule has 1 N–H and O–H groups in total. The molecule has 0 fully saturated rings.